The zero-order valence-corrected chi connectivity index (χ0v) is 14.5. The number of carbonyl (C=O) groups is 1. The molecule has 1 heterocycles. The van der Waals surface area contributed by atoms with Crippen molar-refractivity contribution in [2.24, 2.45) is 0 Å². The van der Waals surface area contributed by atoms with Crippen molar-refractivity contribution in [1.29, 1.82) is 0 Å². The van der Waals surface area contributed by atoms with E-state index in [-0.39, 0.29) is 10.7 Å². The molecule has 1 atom stereocenters. The van der Waals surface area contributed by atoms with E-state index in [4.69, 9.17) is 17.0 Å². The topological polar surface area (TPSA) is 112 Å². The summed E-state index contributed by atoms with van der Waals surface area (Å²) in [7, 11) is 0. The van der Waals surface area contributed by atoms with Crippen molar-refractivity contribution in [3.05, 3.63) is 28.3 Å². The summed E-state index contributed by atoms with van der Waals surface area (Å²) in [5, 5.41) is 21.3. The van der Waals surface area contributed by atoms with Crippen LogP contribution in [-0.2, 0) is 4.74 Å². The molecule has 0 saturated carbocycles. The average Bonchev–Trinajstić information content (AvgIpc) is 2.86. The highest BCUT2D eigenvalue weighted by atomic mass is 32.1. The van der Waals surface area contributed by atoms with Crippen molar-refractivity contribution >= 4 is 40.0 Å². The summed E-state index contributed by atoms with van der Waals surface area (Å²) < 4.78 is 6.46. The number of rotatable bonds is 3. The molecule has 0 aliphatic carbocycles. The zero-order chi connectivity index (χ0) is 18.1. The fourth-order valence-corrected chi connectivity index (χ4v) is 2.11. The first-order valence-corrected chi connectivity index (χ1v) is 7.53. The van der Waals surface area contributed by atoms with Crippen molar-refractivity contribution in [2.45, 2.75) is 39.3 Å². The number of alkyl carbamates (subject to hydrolysis) is 1. The molecule has 10 heteroatoms. The maximum atomic E-state index is 11.8. The normalized spacial score (nSPS) is 12.7. The van der Waals surface area contributed by atoms with Gasteiger partial charge in [-0.2, -0.15) is 0 Å². The van der Waals surface area contributed by atoms with Crippen LogP contribution in [0.15, 0.2) is 18.2 Å². The van der Waals surface area contributed by atoms with Crippen LogP contribution in [0.2, 0.25) is 0 Å². The van der Waals surface area contributed by atoms with Crippen molar-refractivity contribution < 1.29 is 14.5 Å². The van der Waals surface area contributed by atoms with Crippen LogP contribution in [0.25, 0.3) is 11.0 Å². The standard InChI is InChI=1S/C14H17N5O4S/c1-8(15-13(20)23-14(2,3)4)12(24)18-11-7-9(19(21)22)5-6-10(11)16-17-18/h5-8H,1-4H3,(H,15,20). The number of hydrogen-bond donors (Lipinski definition) is 1. The molecule has 1 N–H and O–H groups in total. The van der Waals surface area contributed by atoms with Gasteiger partial charge in [-0.15, -0.1) is 5.10 Å². The number of aromatic nitrogens is 3. The molecule has 2 rings (SSSR count). The first-order valence-electron chi connectivity index (χ1n) is 7.12. The second kappa shape index (κ2) is 6.48. The molecule has 0 radical (unpaired) electrons. The minimum absolute atomic E-state index is 0.0957. The van der Waals surface area contributed by atoms with Gasteiger partial charge in [0.1, 0.15) is 21.6 Å². The number of nitro benzene ring substituents is 1. The lowest BCUT2D eigenvalue weighted by Crippen LogP contribution is -2.43. The number of amides is 1. The van der Waals surface area contributed by atoms with Crippen LogP contribution in [0.5, 0.6) is 0 Å². The van der Waals surface area contributed by atoms with E-state index < -0.39 is 22.7 Å². The highest BCUT2D eigenvalue weighted by molar-refractivity contribution is 7.80. The largest absolute Gasteiger partial charge is 0.444 e. The molecule has 0 spiro atoms. The Kier molecular flexibility index (Phi) is 4.78. The van der Waals surface area contributed by atoms with Crippen molar-refractivity contribution in [3.8, 4) is 0 Å². The zero-order valence-electron chi connectivity index (χ0n) is 13.6. The van der Waals surface area contributed by atoms with E-state index in [9.17, 15) is 14.9 Å². The number of hydrogen-bond acceptors (Lipinski definition) is 7. The second-order valence-electron chi connectivity index (χ2n) is 6.14. The number of nitrogens with one attached hydrogen (secondary N) is 1. The fourth-order valence-electron chi connectivity index (χ4n) is 1.91. The monoisotopic (exact) mass is 351 g/mol. The first-order chi connectivity index (χ1) is 11.1. The predicted octanol–water partition coefficient (Wildman–Crippen LogP) is 2.43. The molecule has 2 aromatic rings. The number of thiocarbonyl (C=S) groups is 1. The van der Waals surface area contributed by atoms with E-state index in [1.165, 1.54) is 22.9 Å². The summed E-state index contributed by atoms with van der Waals surface area (Å²) in [6.07, 6.45) is -0.618. The number of carbonyl (C=O) groups excluding carboxylic acids is 1. The van der Waals surface area contributed by atoms with E-state index in [2.05, 4.69) is 15.6 Å². The summed E-state index contributed by atoms with van der Waals surface area (Å²) in [5.74, 6) is 0. The van der Waals surface area contributed by atoms with E-state index >= 15 is 0 Å². The van der Waals surface area contributed by atoms with Gasteiger partial charge in [-0.3, -0.25) is 10.1 Å². The molecule has 0 bridgehead atoms. The number of benzene rings is 1. The first kappa shape index (κ1) is 17.7. The minimum Gasteiger partial charge on any atom is -0.444 e. The number of fused-ring (bicyclic) bond motifs is 1. The van der Waals surface area contributed by atoms with Crippen molar-refractivity contribution in [3.63, 3.8) is 0 Å². The summed E-state index contributed by atoms with van der Waals surface area (Å²) in [6.45, 7) is 6.91. The third kappa shape index (κ3) is 4.02. The van der Waals surface area contributed by atoms with Gasteiger partial charge in [0.2, 0.25) is 0 Å². The summed E-state index contributed by atoms with van der Waals surface area (Å²) >= 11 is 5.31. The minimum atomic E-state index is -0.633. The van der Waals surface area contributed by atoms with Gasteiger partial charge >= 0.3 is 6.09 Å². The van der Waals surface area contributed by atoms with Crippen LogP contribution in [0, 0.1) is 10.1 Å². The van der Waals surface area contributed by atoms with E-state index in [0.29, 0.717) is 11.0 Å². The lowest BCUT2D eigenvalue weighted by Gasteiger charge is -2.22. The van der Waals surface area contributed by atoms with Crippen LogP contribution < -0.4 is 5.32 Å². The quantitative estimate of drug-likeness (QED) is 0.513. The van der Waals surface area contributed by atoms with Crippen molar-refractivity contribution in [2.75, 3.05) is 0 Å². The number of non-ortho nitro benzene ring substituents is 1. The van der Waals surface area contributed by atoms with E-state index in [0.717, 1.165) is 0 Å². The van der Waals surface area contributed by atoms with Gasteiger partial charge in [0.15, 0.2) is 0 Å². The Balaban J connectivity index is 2.23. The van der Waals surface area contributed by atoms with Gasteiger partial charge in [-0.05, 0) is 33.8 Å². The van der Waals surface area contributed by atoms with Crippen LogP contribution >= 0.6 is 12.2 Å². The van der Waals surface area contributed by atoms with Gasteiger partial charge < -0.3 is 10.1 Å². The highest BCUT2D eigenvalue weighted by Gasteiger charge is 2.22. The third-order valence-corrected chi connectivity index (χ3v) is 3.48. The van der Waals surface area contributed by atoms with Crippen LogP contribution in [0.1, 0.15) is 27.7 Å². The summed E-state index contributed by atoms with van der Waals surface area (Å²) in [4.78, 5) is 22.5. The third-order valence-electron chi connectivity index (χ3n) is 2.95. The van der Waals surface area contributed by atoms with Crippen LogP contribution in [0.4, 0.5) is 10.5 Å². The lowest BCUT2D eigenvalue weighted by atomic mass is 10.2. The maximum Gasteiger partial charge on any atom is 0.408 e. The molecule has 0 aliphatic rings. The molecule has 1 aromatic carbocycles. The number of nitro groups is 1. The Hall–Kier alpha value is -2.62. The van der Waals surface area contributed by atoms with Gasteiger partial charge in [-0.1, -0.05) is 17.4 Å². The number of nitrogens with zero attached hydrogens (tertiary/aromatic N) is 4. The SMILES string of the molecule is CC(NC(=O)OC(C)(C)C)C(=S)n1nnc2ccc([N+](=O)[O-])cc21. The molecule has 0 fully saturated rings. The van der Waals surface area contributed by atoms with E-state index in [1.54, 1.807) is 27.7 Å². The molecule has 0 saturated heterocycles. The molecule has 0 aliphatic heterocycles. The molecule has 1 unspecified atom stereocenters. The fraction of sp³-hybridized carbons (Fsp3) is 0.429. The Morgan fingerprint density at radius 2 is 2.12 bits per heavy atom. The molecule has 24 heavy (non-hydrogen) atoms. The predicted molar refractivity (Wildman–Crippen MR) is 91.0 cm³/mol. The summed E-state index contributed by atoms with van der Waals surface area (Å²) in [5.41, 5.74) is 0.132. The second-order valence-corrected chi connectivity index (χ2v) is 6.56. The number of ether oxygens (including phenoxy) is 1. The van der Waals surface area contributed by atoms with Gasteiger partial charge in [-0.25, -0.2) is 9.48 Å². The van der Waals surface area contributed by atoms with Crippen LogP contribution in [0.3, 0.4) is 0 Å². The molecule has 1 aromatic heterocycles. The molecule has 128 valence electrons. The van der Waals surface area contributed by atoms with Gasteiger partial charge in [0.25, 0.3) is 5.69 Å². The summed E-state index contributed by atoms with van der Waals surface area (Å²) in [6, 6.07) is 3.58. The van der Waals surface area contributed by atoms with E-state index in [1.807, 2.05) is 0 Å². The molecule has 1 amide bonds. The maximum absolute atomic E-state index is 11.8. The molecule has 9 nitrogen and oxygen atoms in total. The van der Waals surface area contributed by atoms with Crippen LogP contribution in [-0.4, -0.2) is 42.6 Å². The van der Waals surface area contributed by atoms with Crippen molar-refractivity contribution in [1.82, 2.24) is 20.3 Å². The molecular formula is C14H17N5O4S. The Bertz CT molecular complexity index is 811. The average molecular weight is 351 g/mol. The Morgan fingerprint density at radius 3 is 2.71 bits per heavy atom. The highest BCUT2D eigenvalue weighted by Crippen LogP contribution is 2.19. The Morgan fingerprint density at radius 1 is 1.46 bits per heavy atom. The smallest absolute Gasteiger partial charge is 0.408 e. The van der Waals surface area contributed by atoms with Gasteiger partial charge in [0.05, 0.1) is 11.0 Å². The van der Waals surface area contributed by atoms with Gasteiger partial charge in [0, 0.05) is 12.1 Å². The Labute approximate surface area is 143 Å². The lowest BCUT2D eigenvalue weighted by molar-refractivity contribution is -0.384. The molecular weight excluding hydrogens is 334 g/mol.